The van der Waals surface area contributed by atoms with Gasteiger partial charge in [0.15, 0.2) is 11.5 Å². The highest BCUT2D eigenvalue weighted by Crippen LogP contribution is 2.27. The maximum atomic E-state index is 5.24. The zero-order valence-electron chi connectivity index (χ0n) is 10.6. The van der Waals surface area contributed by atoms with E-state index in [1.165, 1.54) is 5.56 Å². The average molecular weight is 262 g/mol. The van der Waals surface area contributed by atoms with E-state index in [1.807, 2.05) is 18.2 Å². The van der Waals surface area contributed by atoms with Crippen LogP contribution >= 0.6 is 12.4 Å². The van der Waals surface area contributed by atoms with Gasteiger partial charge in [0.1, 0.15) is 0 Å². The first-order valence-electron chi connectivity index (χ1n) is 5.20. The molecule has 0 aliphatic heterocycles. The van der Waals surface area contributed by atoms with Crippen molar-refractivity contribution in [2.24, 2.45) is 0 Å². The van der Waals surface area contributed by atoms with Gasteiger partial charge in [-0.15, -0.1) is 12.4 Å². The molecule has 0 amide bonds. The van der Waals surface area contributed by atoms with Gasteiger partial charge in [0.25, 0.3) is 0 Å². The second-order valence-electron chi connectivity index (χ2n) is 3.62. The van der Waals surface area contributed by atoms with E-state index >= 15 is 0 Å². The highest BCUT2D eigenvalue weighted by molar-refractivity contribution is 5.85. The molecule has 0 heterocycles. The summed E-state index contributed by atoms with van der Waals surface area (Å²) in [5.41, 5.74) is 4.06. The summed E-state index contributed by atoms with van der Waals surface area (Å²) in [6.07, 6.45) is 0.869. The van der Waals surface area contributed by atoms with Gasteiger partial charge in [0.2, 0.25) is 0 Å². The van der Waals surface area contributed by atoms with Crippen LogP contribution < -0.4 is 15.0 Å². The van der Waals surface area contributed by atoms with Crippen LogP contribution in [0.3, 0.4) is 0 Å². The number of nitrogens with one attached hydrogen (secondary N) is 1. The van der Waals surface area contributed by atoms with E-state index in [2.05, 4.69) is 12.4 Å². The Bertz CT molecular complexity index is 334. The summed E-state index contributed by atoms with van der Waals surface area (Å²) < 4.78 is 10.4. The lowest BCUT2D eigenvalue weighted by Gasteiger charge is -2.13. The number of ether oxygens (including phenoxy) is 2. The Hall–Kier alpha value is -0.970. The first-order chi connectivity index (χ1) is 7.71. The molecule has 0 aliphatic carbocycles. The third-order valence-electron chi connectivity index (χ3n) is 2.31. The third-order valence-corrected chi connectivity index (χ3v) is 2.31. The Balaban J connectivity index is 0.00000256. The van der Waals surface area contributed by atoms with Gasteiger partial charge in [-0.05, 0) is 31.0 Å². The van der Waals surface area contributed by atoms with E-state index in [9.17, 15) is 0 Å². The molecule has 1 atom stereocenters. The fourth-order valence-electron chi connectivity index (χ4n) is 1.60. The molecule has 0 fully saturated rings. The Labute approximate surface area is 109 Å². The molecule has 98 valence electrons. The number of benzene rings is 1. The molecule has 1 aromatic carbocycles. The molecule has 5 heteroatoms. The predicted molar refractivity (Wildman–Crippen MR) is 70.1 cm³/mol. The van der Waals surface area contributed by atoms with E-state index in [-0.39, 0.29) is 18.4 Å². The van der Waals surface area contributed by atoms with E-state index in [1.54, 1.807) is 21.3 Å². The maximum absolute atomic E-state index is 5.24. The minimum atomic E-state index is 0. The lowest BCUT2D eigenvalue weighted by Crippen LogP contribution is -2.26. The van der Waals surface area contributed by atoms with Crippen molar-refractivity contribution >= 4 is 12.4 Å². The number of hydrogen-bond acceptors (Lipinski definition) is 4. The molecule has 0 saturated heterocycles. The van der Waals surface area contributed by atoms with Gasteiger partial charge in [-0.25, -0.2) is 0 Å². The molecule has 1 rings (SSSR count). The Morgan fingerprint density at radius 3 is 2.29 bits per heavy atom. The van der Waals surface area contributed by atoms with Gasteiger partial charge in [0.05, 0.1) is 21.3 Å². The standard InChI is InChI=1S/C12H19NO3.ClH/c1-9(13-16-4)7-10-5-6-11(14-2)12(8-10)15-3;/h5-6,8-9,13H,7H2,1-4H3;1H. The second-order valence-corrected chi connectivity index (χ2v) is 3.62. The maximum Gasteiger partial charge on any atom is 0.160 e. The second kappa shape index (κ2) is 8.17. The largest absolute Gasteiger partial charge is 0.493 e. The average Bonchev–Trinajstić information content (AvgIpc) is 2.29. The van der Waals surface area contributed by atoms with Crippen molar-refractivity contribution in [3.63, 3.8) is 0 Å². The molecule has 1 unspecified atom stereocenters. The summed E-state index contributed by atoms with van der Waals surface area (Å²) in [5, 5.41) is 0. The third kappa shape index (κ3) is 4.81. The topological polar surface area (TPSA) is 39.7 Å². The summed E-state index contributed by atoms with van der Waals surface area (Å²) in [5.74, 6) is 1.50. The van der Waals surface area contributed by atoms with Crippen LogP contribution in [0, 0.1) is 0 Å². The lowest BCUT2D eigenvalue weighted by molar-refractivity contribution is 0.0661. The monoisotopic (exact) mass is 261 g/mol. The van der Waals surface area contributed by atoms with E-state index in [0.29, 0.717) is 0 Å². The number of hydroxylamine groups is 1. The Kier molecular flexibility index (Phi) is 7.70. The molecular weight excluding hydrogens is 242 g/mol. The van der Waals surface area contributed by atoms with Gasteiger partial charge in [-0.2, -0.15) is 5.48 Å². The zero-order chi connectivity index (χ0) is 12.0. The molecule has 0 aromatic heterocycles. The van der Waals surface area contributed by atoms with Crippen molar-refractivity contribution in [3.05, 3.63) is 23.8 Å². The van der Waals surface area contributed by atoms with Crippen molar-refractivity contribution in [2.75, 3.05) is 21.3 Å². The molecule has 0 bridgehead atoms. The minimum Gasteiger partial charge on any atom is -0.493 e. The fourth-order valence-corrected chi connectivity index (χ4v) is 1.60. The van der Waals surface area contributed by atoms with Crippen LogP contribution in [0.1, 0.15) is 12.5 Å². The molecular formula is C12H20ClNO3. The van der Waals surface area contributed by atoms with E-state index in [0.717, 1.165) is 17.9 Å². The minimum absolute atomic E-state index is 0. The molecule has 0 radical (unpaired) electrons. The SMILES string of the molecule is CONC(C)Cc1ccc(OC)c(OC)c1.Cl. The number of halogens is 1. The van der Waals surface area contributed by atoms with Crippen molar-refractivity contribution in [2.45, 2.75) is 19.4 Å². The number of hydrogen-bond donors (Lipinski definition) is 1. The fraction of sp³-hybridized carbons (Fsp3) is 0.500. The van der Waals surface area contributed by atoms with Crippen LogP contribution in [0.2, 0.25) is 0 Å². The summed E-state index contributed by atoms with van der Waals surface area (Å²) >= 11 is 0. The molecule has 1 aromatic rings. The van der Waals surface area contributed by atoms with Crippen LogP contribution in [0.25, 0.3) is 0 Å². The summed E-state index contributed by atoms with van der Waals surface area (Å²) in [7, 11) is 4.89. The molecule has 4 nitrogen and oxygen atoms in total. The predicted octanol–water partition coefficient (Wildman–Crippen LogP) is 2.21. The van der Waals surface area contributed by atoms with Crippen LogP contribution in [-0.2, 0) is 11.3 Å². The summed E-state index contributed by atoms with van der Waals surface area (Å²) in [6, 6.07) is 6.17. The summed E-state index contributed by atoms with van der Waals surface area (Å²) in [4.78, 5) is 4.87. The first-order valence-corrected chi connectivity index (χ1v) is 5.20. The highest BCUT2D eigenvalue weighted by Gasteiger charge is 2.07. The molecule has 1 N–H and O–H groups in total. The van der Waals surface area contributed by atoms with E-state index < -0.39 is 0 Å². The summed E-state index contributed by atoms with van der Waals surface area (Å²) in [6.45, 7) is 2.06. The van der Waals surface area contributed by atoms with Gasteiger partial charge in [-0.3, -0.25) is 0 Å². The van der Waals surface area contributed by atoms with Crippen molar-refractivity contribution in [1.82, 2.24) is 5.48 Å². The normalized spacial score (nSPS) is 11.5. The van der Waals surface area contributed by atoms with Gasteiger partial charge in [0, 0.05) is 6.04 Å². The van der Waals surface area contributed by atoms with Gasteiger partial charge >= 0.3 is 0 Å². The highest BCUT2D eigenvalue weighted by atomic mass is 35.5. The van der Waals surface area contributed by atoms with E-state index in [4.69, 9.17) is 14.3 Å². The zero-order valence-corrected chi connectivity index (χ0v) is 11.5. The van der Waals surface area contributed by atoms with Crippen molar-refractivity contribution in [1.29, 1.82) is 0 Å². The van der Waals surface area contributed by atoms with Gasteiger partial charge in [-0.1, -0.05) is 6.07 Å². The molecule has 0 aliphatic rings. The van der Waals surface area contributed by atoms with Crippen LogP contribution in [0.5, 0.6) is 11.5 Å². The molecule has 0 spiro atoms. The Morgan fingerprint density at radius 2 is 1.76 bits per heavy atom. The number of rotatable bonds is 6. The van der Waals surface area contributed by atoms with Crippen molar-refractivity contribution in [3.8, 4) is 11.5 Å². The van der Waals surface area contributed by atoms with Crippen LogP contribution in [0.15, 0.2) is 18.2 Å². The van der Waals surface area contributed by atoms with Crippen molar-refractivity contribution < 1.29 is 14.3 Å². The molecule has 0 saturated carbocycles. The Morgan fingerprint density at radius 1 is 1.12 bits per heavy atom. The van der Waals surface area contributed by atoms with Crippen LogP contribution in [0.4, 0.5) is 0 Å². The van der Waals surface area contributed by atoms with Gasteiger partial charge < -0.3 is 14.3 Å². The number of methoxy groups -OCH3 is 2. The van der Waals surface area contributed by atoms with Crippen LogP contribution in [-0.4, -0.2) is 27.4 Å². The smallest absolute Gasteiger partial charge is 0.160 e. The lowest BCUT2D eigenvalue weighted by atomic mass is 10.1. The molecule has 17 heavy (non-hydrogen) atoms. The first kappa shape index (κ1) is 16.0. The quantitative estimate of drug-likeness (QED) is 0.797.